The molecule has 1 aromatic rings. The summed E-state index contributed by atoms with van der Waals surface area (Å²) in [5.41, 5.74) is -5.53. The standard InChI is InChI=1S/C16H14F6N4O5/c17-15(18,19)14(27,16(20,21)22)12-7-1-2-8(5-7)13(12)24-23-10-4-3-9(25(28)29)6-11(10)26(30)31/h3-4,6-8,12,23,27H,1-2,5H2/b24-13-/t7-,8-,12-/m0/s1. The summed E-state index contributed by atoms with van der Waals surface area (Å²) in [5.74, 6) is -4.34. The number of nitrogens with one attached hydrogen (secondary N) is 1. The quantitative estimate of drug-likeness (QED) is 0.388. The van der Waals surface area contributed by atoms with Gasteiger partial charge in [-0.15, -0.1) is 0 Å². The molecule has 2 aliphatic rings. The Labute approximate surface area is 169 Å². The van der Waals surface area contributed by atoms with Crippen LogP contribution in [0.5, 0.6) is 0 Å². The lowest BCUT2D eigenvalue weighted by atomic mass is 9.74. The average Bonchev–Trinajstić information content (AvgIpc) is 3.24. The first-order chi connectivity index (χ1) is 14.2. The SMILES string of the molecule is O=[N+]([O-])c1ccc(N/N=C2/[C@H]3CC[C@@H](C3)[C@@H]2C(O)(C(F)(F)F)C(F)(F)F)c([N+](=O)[O-])c1. The molecule has 170 valence electrons. The van der Waals surface area contributed by atoms with Crippen molar-refractivity contribution >= 4 is 22.8 Å². The topological polar surface area (TPSA) is 131 Å². The van der Waals surface area contributed by atoms with Crippen LogP contribution < -0.4 is 5.43 Å². The van der Waals surface area contributed by atoms with Crippen LogP contribution in [-0.2, 0) is 0 Å². The van der Waals surface area contributed by atoms with Gasteiger partial charge in [-0.25, -0.2) is 0 Å². The molecule has 2 aliphatic carbocycles. The molecule has 15 heteroatoms. The number of nitro benzene ring substituents is 2. The predicted molar refractivity (Wildman–Crippen MR) is 92.2 cm³/mol. The highest BCUT2D eigenvalue weighted by Crippen LogP contribution is 2.58. The third kappa shape index (κ3) is 3.66. The Morgan fingerprint density at radius 1 is 1.03 bits per heavy atom. The Kier molecular flexibility index (Phi) is 5.36. The van der Waals surface area contributed by atoms with Crippen LogP contribution in [0.1, 0.15) is 19.3 Å². The van der Waals surface area contributed by atoms with Crippen LogP contribution in [0.25, 0.3) is 0 Å². The summed E-state index contributed by atoms with van der Waals surface area (Å²) in [7, 11) is 0. The molecule has 3 rings (SSSR count). The summed E-state index contributed by atoms with van der Waals surface area (Å²) in [6.45, 7) is 0. The molecule has 1 aromatic carbocycles. The van der Waals surface area contributed by atoms with Crippen molar-refractivity contribution in [3.05, 3.63) is 38.4 Å². The van der Waals surface area contributed by atoms with Gasteiger partial charge in [-0.1, -0.05) is 0 Å². The van der Waals surface area contributed by atoms with Gasteiger partial charge < -0.3 is 5.11 Å². The van der Waals surface area contributed by atoms with Crippen molar-refractivity contribution in [1.82, 2.24) is 0 Å². The number of nitrogens with zero attached hydrogens (tertiary/aromatic N) is 3. The van der Waals surface area contributed by atoms with Crippen LogP contribution >= 0.6 is 0 Å². The van der Waals surface area contributed by atoms with E-state index in [4.69, 9.17) is 0 Å². The number of alkyl halides is 6. The fourth-order valence-corrected chi connectivity index (χ4v) is 4.32. The second kappa shape index (κ2) is 7.32. The molecule has 3 atom stereocenters. The minimum absolute atomic E-state index is 0.0283. The molecule has 0 unspecified atom stereocenters. The summed E-state index contributed by atoms with van der Waals surface area (Å²) in [5, 5.41) is 35.4. The maximum absolute atomic E-state index is 13.4. The average molecular weight is 456 g/mol. The zero-order valence-corrected chi connectivity index (χ0v) is 15.3. The molecule has 31 heavy (non-hydrogen) atoms. The van der Waals surface area contributed by atoms with Crippen molar-refractivity contribution in [2.75, 3.05) is 5.43 Å². The van der Waals surface area contributed by atoms with Crippen molar-refractivity contribution in [2.45, 2.75) is 37.2 Å². The van der Waals surface area contributed by atoms with Gasteiger partial charge in [0.2, 0.25) is 0 Å². The van der Waals surface area contributed by atoms with E-state index in [9.17, 15) is 51.7 Å². The summed E-state index contributed by atoms with van der Waals surface area (Å²) in [6.07, 6.45) is -11.9. The summed E-state index contributed by atoms with van der Waals surface area (Å²) in [6, 6.07) is 2.29. The van der Waals surface area contributed by atoms with E-state index in [0.717, 1.165) is 12.1 Å². The van der Waals surface area contributed by atoms with Crippen LogP contribution in [0, 0.1) is 38.0 Å². The number of hydrogen-bond donors (Lipinski definition) is 2. The molecule has 2 fully saturated rings. The first kappa shape index (κ1) is 22.7. The maximum Gasteiger partial charge on any atom is 0.426 e. The van der Waals surface area contributed by atoms with Gasteiger partial charge in [0.25, 0.3) is 11.3 Å². The van der Waals surface area contributed by atoms with E-state index >= 15 is 0 Å². The van der Waals surface area contributed by atoms with Gasteiger partial charge in [0.15, 0.2) is 0 Å². The van der Waals surface area contributed by atoms with Crippen LogP contribution in [0.4, 0.5) is 43.4 Å². The highest BCUT2D eigenvalue weighted by molar-refractivity contribution is 5.94. The molecule has 2 saturated carbocycles. The lowest BCUT2D eigenvalue weighted by Crippen LogP contribution is -2.64. The Morgan fingerprint density at radius 3 is 2.16 bits per heavy atom. The second-order valence-electron chi connectivity index (χ2n) is 7.37. The van der Waals surface area contributed by atoms with Gasteiger partial charge in [-0.2, -0.15) is 31.4 Å². The first-order valence-electron chi connectivity index (χ1n) is 8.80. The monoisotopic (exact) mass is 456 g/mol. The molecule has 0 saturated heterocycles. The summed E-state index contributed by atoms with van der Waals surface area (Å²) < 4.78 is 80.4. The number of aliphatic hydroxyl groups is 1. The Bertz CT molecular complexity index is 933. The second-order valence-corrected chi connectivity index (χ2v) is 7.37. The molecular formula is C16H14F6N4O5. The number of hydrazone groups is 1. The Balaban J connectivity index is 2.04. The zero-order chi connectivity index (χ0) is 23.4. The highest BCUT2D eigenvalue weighted by Gasteiger charge is 2.77. The number of nitro groups is 2. The van der Waals surface area contributed by atoms with Crippen LogP contribution in [-0.4, -0.2) is 38.6 Å². The molecule has 2 bridgehead atoms. The third-order valence-electron chi connectivity index (χ3n) is 5.69. The normalized spacial score (nSPS) is 25.1. The minimum Gasteiger partial charge on any atom is -0.373 e. The van der Waals surface area contributed by atoms with Crippen LogP contribution in [0.15, 0.2) is 23.3 Å². The van der Waals surface area contributed by atoms with E-state index in [1.807, 2.05) is 0 Å². The molecule has 2 N–H and O–H groups in total. The number of halogens is 6. The number of rotatable bonds is 5. The molecule has 0 aliphatic heterocycles. The molecular weight excluding hydrogens is 442 g/mol. The van der Waals surface area contributed by atoms with Crippen molar-refractivity contribution < 1.29 is 41.3 Å². The van der Waals surface area contributed by atoms with Gasteiger partial charge >= 0.3 is 18.0 Å². The van der Waals surface area contributed by atoms with E-state index < -0.39 is 68.3 Å². The molecule has 0 heterocycles. The summed E-state index contributed by atoms with van der Waals surface area (Å²) >= 11 is 0. The zero-order valence-electron chi connectivity index (χ0n) is 15.3. The van der Waals surface area contributed by atoms with Crippen LogP contribution in [0.2, 0.25) is 0 Å². The van der Waals surface area contributed by atoms with E-state index in [-0.39, 0.29) is 19.3 Å². The van der Waals surface area contributed by atoms with Crippen LogP contribution in [0.3, 0.4) is 0 Å². The van der Waals surface area contributed by atoms with Gasteiger partial charge in [-0.05, 0) is 37.2 Å². The Hall–Kier alpha value is -2.97. The fraction of sp³-hybridized carbons (Fsp3) is 0.562. The van der Waals surface area contributed by atoms with Gasteiger partial charge in [0.1, 0.15) is 5.69 Å². The largest absolute Gasteiger partial charge is 0.426 e. The maximum atomic E-state index is 13.4. The number of benzene rings is 1. The highest BCUT2D eigenvalue weighted by atomic mass is 19.4. The Morgan fingerprint density at radius 2 is 1.65 bits per heavy atom. The van der Waals surface area contributed by atoms with E-state index in [2.05, 4.69) is 10.5 Å². The molecule has 9 nitrogen and oxygen atoms in total. The fourth-order valence-electron chi connectivity index (χ4n) is 4.32. The number of hydrogen-bond acceptors (Lipinski definition) is 7. The number of anilines is 1. The lowest BCUT2D eigenvalue weighted by Gasteiger charge is -2.41. The summed E-state index contributed by atoms with van der Waals surface area (Å²) in [4.78, 5) is 20.0. The number of non-ortho nitro benzene ring substituents is 1. The molecule has 0 aromatic heterocycles. The molecule has 0 radical (unpaired) electrons. The van der Waals surface area contributed by atoms with Gasteiger partial charge in [0, 0.05) is 17.7 Å². The smallest absolute Gasteiger partial charge is 0.373 e. The first-order valence-corrected chi connectivity index (χ1v) is 8.80. The lowest BCUT2D eigenvalue weighted by molar-refractivity contribution is -0.393. The van der Waals surface area contributed by atoms with E-state index in [0.29, 0.717) is 6.07 Å². The number of fused-ring (bicyclic) bond motifs is 2. The van der Waals surface area contributed by atoms with Gasteiger partial charge in [0.05, 0.1) is 15.9 Å². The molecule has 0 spiro atoms. The third-order valence-corrected chi connectivity index (χ3v) is 5.69. The van der Waals surface area contributed by atoms with Crippen molar-refractivity contribution in [2.24, 2.45) is 22.9 Å². The van der Waals surface area contributed by atoms with E-state index in [1.165, 1.54) is 0 Å². The van der Waals surface area contributed by atoms with Crippen molar-refractivity contribution in [3.8, 4) is 0 Å². The van der Waals surface area contributed by atoms with E-state index in [1.54, 1.807) is 0 Å². The molecule has 0 amide bonds. The van der Waals surface area contributed by atoms with Crippen molar-refractivity contribution in [3.63, 3.8) is 0 Å². The van der Waals surface area contributed by atoms with Gasteiger partial charge in [-0.3, -0.25) is 25.7 Å². The minimum atomic E-state index is -6.04. The predicted octanol–water partition coefficient (Wildman–Crippen LogP) is 4.17. The van der Waals surface area contributed by atoms with Crippen molar-refractivity contribution in [1.29, 1.82) is 0 Å².